The third-order valence-corrected chi connectivity index (χ3v) is 2.76. The van der Waals surface area contributed by atoms with Crippen molar-refractivity contribution in [2.45, 2.75) is 6.61 Å². The van der Waals surface area contributed by atoms with Gasteiger partial charge in [-0.2, -0.15) is 5.10 Å². The van der Waals surface area contributed by atoms with Crippen molar-refractivity contribution >= 4 is 21.6 Å². The molecule has 0 fully saturated rings. The number of hydrogen-bond donors (Lipinski definition) is 1. The lowest BCUT2D eigenvalue weighted by Gasteiger charge is -2.07. The summed E-state index contributed by atoms with van der Waals surface area (Å²) in [7, 11) is 1.84. The molecule has 2 rings (SSSR count). The molecular formula is C11H12BrN3O. The molecule has 0 aliphatic heterocycles. The molecule has 0 radical (unpaired) electrons. The van der Waals surface area contributed by atoms with Crippen LogP contribution in [0.3, 0.4) is 0 Å². The van der Waals surface area contributed by atoms with Crippen LogP contribution in [0.5, 0.6) is 5.75 Å². The van der Waals surface area contributed by atoms with Gasteiger partial charge in [-0.15, -0.1) is 0 Å². The fraction of sp³-hybridized carbons (Fsp3) is 0.182. The van der Waals surface area contributed by atoms with Gasteiger partial charge in [0.15, 0.2) is 0 Å². The SMILES string of the molecule is Cn1ncc(N)c1COc1cccc(Br)c1. The first-order valence-electron chi connectivity index (χ1n) is 4.81. The van der Waals surface area contributed by atoms with E-state index in [1.807, 2.05) is 31.3 Å². The number of aromatic nitrogens is 2. The molecule has 0 bridgehead atoms. The van der Waals surface area contributed by atoms with Crippen LogP contribution < -0.4 is 10.5 Å². The lowest BCUT2D eigenvalue weighted by atomic mass is 10.3. The molecule has 2 N–H and O–H groups in total. The van der Waals surface area contributed by atoms with E-state index in [9.17, 15) is 0 Å². The summed E-state index contributed by atoms with van der Waals surface area (Å²) in [6.07, 6.45) is 1.62. The second-order valence-corrected chi connectivity index (χ2v) is 4.33. The molecule has 0 saturated heterocycles. The van der Waals surface area contributed by atoms with E-state index in [-0.39, 0.29) is 0 Å². The highest BCUT2D eigenvalue weighted by molar-refractivity contribution is 9.10. The second-order valence-electron chi connectivity index (χ2n) is 3.42. The Balaban J connectivity index is 2.08. The molecule has 1 aromatic carbocycles. The third kappa shape index (κ3) is 2.36. The molecule has 4 nitrogen and oxygen atoms in total. The van der Waals surface area contributed by atoms with E-state index in [2.05, 4.69) is 21.0 Å². The highest BCUT2D eigenvalue weighted by Crippen LogP contribution is 2.19. The summed E-state index contributed by atoms with van der Waals surface area (Å²) >= 11 is 3.39. The van der Waals surface area contributed by atoms with E-state index >= 15 is 0 Å². The normalized spacial score (nSPS) is 10.4. The third-order valence-electron chi connectivity index (χ3n) is 2.27. The molecular weight excluding hydrogens is 270 g/mol. The summed E-state index contributed by atoms with van der Waals surface area (Å²) < 4.78 is 8.33. The fourth-order valence-corrected chi connectivity index (χ4v) is 1.74. The summed E-state index contributed by atoms with van der Waals surface area (Å²) in [5.41, 5.74) is 7.29. The Morgan fingerprint density at radius 2 is 2.31 bits per heavy atom. The Kier molecular flexibility index (Phi) is 3.14. The number of rotatable bonds is 3. The van der Waals surface area contributed by atoms with E-state index in [1.165, 1.54) is 0 Å². The number of nitrogen functional groups attached to an aromatic ring is 1. The Hall–Kier alpha value is -1.49. The summed E-state index contributed by atoms with van der Waals surface area (Å²) in [5.74, 6) is 0.801. The highest BCUT2D eigenvalue weighted by atomic mass is 79.9. The van der Waals surface area contributed by atoms with Crippen LogP contribution in [0.4, 0.5) is 5.69 Å². The number of ether oxygens (including phenoxy) is 1. The summed E-state index contributed by atoms with van der Waals surface area (Å²) in [5, 5.41) is 4.05. The van der Waals surface area contributed by atoms with Gasteiger partial charge in [-0.05, 0) is 18.2 Å². The van der Waals surface area contributed by atoms with Crippen molar-refractivity contribution in [1.82, 2.24) is 9.78 Å². The minimum atomic E-state index is 0.415. The average Bonchev–Trinajstić information content (AvgIpc) is 2.56. The van der Waals surface area contributed by atoms with E-state index in [0.717, 1.165) is 15.9 Å². The maximum absolute atomic E-state index is 5.76. The monoisotopic (exact) mass is 281 g/mol. The van der Waals surface area contributed by atoms with Crippen molar-refractivity contribution in [2.75, 3.05) is 5.73 Å². The molecule has 16 heavy (non-hydrogen) atoms. The molecule has 1 aromatic heterocycles. The van der Waals surface area contributed by atoms with Gasteiger partial charge in [-0.3, -0.25) is 4.68 Å². The molecule has 1 heterocycles. The van der Waals surface area contributed by atoms with E-state index < -0.39 is 0 Å². The minimum Gasteiger partial charge on any atom is -0.487 e. The highest BCUT2D eigenvalue weighted by Gasteiger charge is 2.05. The van der Waals surface area contributed by atoms with Crippen molar-refractivity contribution in [3.05, 3.63) is 40.6 Å². The first-order valence-corrected chi connectivity index (χ1v) is 5.61. The standard InChI is InChI=1S/C11H12BrN3O/c1-15-11(10(13)6-14-15)7-16-9-4-2-3-8(12)5-9/h2-6H,7,13H2,1H3. The zero-order chi connectivity index (χ0) is 11.5. The van der Waals surface area contributed by atoms with E-state index in [0.29, 0.717) is 12.3 Å². The largest absolute Gasteiger partial charge is 0.487 e. The topological polar surface area (TPSA) is 53.1 Å². The Labute approximate surface area is 102 Å². The van der Waals surface area contributed by atoms with E-state index in [1.54, 1.807) is 10.9 Å². The van der Waals surface area contributed by atoms with Crippen LogP contribution in [0, 0.1) is 0 Å². The van der Waals surface area contributed by atoms with Crippen LogP contribution in [0.1, 0.15) is 5.69 Å². The molecule has 0 amide bonds. The molecule has 0 atom stereocenters. The predicted octanol–water partition coefficient (Wildman–Crippen LogP) is 2.34. The number of benzene rings is 1. The van der Waals surface area contributed by atoms with Crippen LogP contribution in [0.25, 0.3) is 0 Å². The fourth-order valence-electron chi connectivity index (χ4n) is 1.37. The second kappa shape index (κ2) is 4.57. The minimum absolute atomic E-state index is 0.415. The van der Waals surface area contributed by atoms with E-state index in [4.69, 9.17) is 10.5 Å². The molecule has 0 spiro atoms. The van der Waals surface area contributed by atoms with Crippen molar-refractivity contribution in [1.29, 1.82) is 0 Å². The molecule has 0 aliphatic rings. The Bertz CT molecular complexity index is 476. The Morgan fingerprint density at radius 3 is 2.94 bits per heavy atom. The van der Waals surface area contributed by atoms with Gasteiger partial charge in [0.25, 0.3) is 0 Å². The van der Waals surface area contributed by atoms with Gasteiger partial charge in [0, 0.05) is 11.5 Å². The first kappa shape index (κ1) is 11.0. The van der Waals surface area contributed by atoms with Gasteiger partial charge >= 0.3 is 0 Å². The summed E-state index contributed by atoms with van der Waals surface area (Å²) in [6, 6.07) is 7.68. The molecule has 2 aromatic rings. The zero-order valence-electron chi connectivity index (χ0n) is 8.85. The Morgan fingerprint density at radius 1 is 1.50 bits per heavy atom. The number of nitrogens with zero attached hydrogens (tertiary/aromatic N) is 2. The lowest BCUT2D eigenvalue weighted by Crippen LogP contribution is -2.05. The van der Waals surface area contributed by atoms with Gasteiger partial charge in [0.05, 0.1) is 17.6 Å². The van der Waals surface area contributed by atoms with Crippen molar-refractivity contribution in [2.24, 2.45) is 7.05 Å². The predicted molar refractivity (Wildman–Crippen MR) is 66.1 cm³/mol. The van der Waals surface area contributed by atoms with Crippen molar-refractivity contribution in [3.63, 3.8) is 0 Å². The molecule has 0 saturated carbocycles. The number of nitrogens with two attached hydrogens (primary N) is 1. The van der Waals surface area contributed by atoms with Crippen LogP contribution >= 0.6 is 15.9 Å². The van der Waals surface area contributed by atoms with Crippen molar-refractivity contribution in [3.8, 4) is 5.75 Å². The zero-order valence-corrected chi connectivity index (χ0v) is 10.4. The van der Waals surface area contributed by atoms with Crippen LogP contribution in [-0.4, -0.2) is 9.78 Å². The van der Waals surface area contributed by atoms with Gasteiger partial charge in [0.2, 0.25) is 0 Å². The average molecular weight is 282 g/mol. The van der Waals surface area contributed by atoms with Gasteiger partial charge in [-0.1, -0.05) is 22.0 Å². The van der Waals surface area contributed by atoms with Crippen LogP contribution in [-0.2, 0) is 13.7 Å². The first-order chi connectivity index (χ1) is 7.66. The maximum Gasteiger partial charge on any atom is 0.132 e. The molecule has 0 aliphatic carbocycles. The van der Waals surface area contributed by atoms with Gasteiger partial charge < -0.3 is 10.5 Å². The van der Waals surface area contributed by atoms with Gasteiger partial charge in [-0.25, -0.2) is 0 Å². The van der Waals surface area contributed by atoms with Crippen molar-refractivity contribution < 1.29 is 4.74 Å². The number of aryl methyl sites for hydroxylation is 1. The molecule has 0 unspecified atom stereocenters. The smallest absolute Gasteiger partial charge is 0.132 e. The molecule has 5 heteroatoms. The summed E-state index contributed by atoms with van der Waals surface area (Å²) in [4.78, 5) is 0. The quantitative estimate of drug-likeness (QED) is 0.940. The number of hydrogen-bond acceptors (Lipinski definition) is 3. The van der Waals surface area contributed by atoms with Gasteiger partial charge in [0.1, 0.15) is 12.4 Å². The van der Waals surface area contributed by atoms with Crippen LogP contribution in [0.2, 0.25) is 0 Å². The number of halogens is 1. The lowest BCUT2D eigenvalue weighted by molar-refractivity contribution is 0.295. The summed E-state index contributed by atoms with van der Waals surface area (Å²) in [6.45, 7) is 0.415. The maximum atomic E-state index is 5.76. The number of anilines is 1. The van der Waals surface area contributed by atoms with Crippen LogP contribution in [0.15, 0.2) is 34.9 Å². The molecule has 84 valence electrons.